The Balaban J connectivity index is 2.22. The van der Waals surface area contributed by atoms with E-state index in [-0.39, 0.29) is 0 Å². The summed E-state index contributed by atoms with van der Waals surface area (Å²) in [6.07, 6.45) is 3.82. The van der Waals surface area contributed by atoms with E-state index in [1.165, 1.54) is 12.8 Å². The quantitative estimate of drug-likeness (QED) is 0.634. The highest BCUT2D eigenvalue weighted by Crippen LogP contribution is 2.15. The molecular formula is C11H23NO2. The van der Waals surface area contributed by atoms with Crippen LogP contribution in [0.4, 0.5) is 0 Å². The van der Waals surface area contributed by atoms with Crippen LogP contribution in [0.1, 0.15) is 33.1 Å². The van der Waals surface area contributed by atoms with Crippen LogP contribution in [-0.4, -0.2) is 38.5 Å². The summed E-state index contributed by atoms with van der Waals surface area (Å²) >= 11 is 0. The van der Waals surface area contributed by atoms with Crippen molar-refractivity contribution in [3.63, 3.8) is 0 Å². The second kappa shape index (κ2) is 7.21. The largest absolute Gasteiger partial charge is 0.380 e. The van der Waals surface area contributed by atoms with Crippen LogP contribution < -0.4 is 5.32 Å². The summed E-state index contributed by atoms with van der Waals surface area (Å²) < 4.78 is 11.2. The number of nitrogens with one attached hydrogen (secondary N) is 1. The molecule has 1 aliphatic rings. The lowest BCUT2D eigenvalue weighted by atomic mass is 10.1. The van der Waals surface area contributed by atoms with Gasteiger partial charge in [-0.3, -0.25) is 0 Å². The molecule has 2 atom stereocenters. The normalized spacial score (nSPS) is 24.0. The molecule has 0 spiro atoms. The predicted molar refractivity (Wildman–Crippen MR) is 57.5 cm³/mol. The molecule has 1 saturated heterocycles. The van der Waals surface area contributed by atoms with Gasteiger partial charge in [-0.25, -0.2) is 0 Å². The first-order valence-electron chi connectivity index (χ1n) is 5.81. The van der Waals surface area contributed by atoms with E-state index in [4.69, 9.17) is 9.47 Å². The van der Waals surface area contributed by atoms with E-state index >= 15 is 0 Å². The standard InChI is InChI=1S/C11H23NO2/c1-3-7-13-9-10(12-4-2)11-6-5-8-14-11/h10-12H,3-9H2,1-2H3. The summed E-state index contributed by atoms with van der Waals surface area (Å²) in [6.45, 7) is 7.80. The average molecular weight is 201 g/mol. The second-order valence-corrected chi connectivity index (χ2v) is 3.79. The number of hydrogen-bond acceptors (Lipinski definition) is 3. The van der Waals surface area contributed by atoms with Gasteiger partial charge in [-0.05, 0) is 25.8 Å². The summed E-state index contributed by atoms with van der Waals surface area (Å²) in [4.78, 5) is 0. The van der Waals surface area contributed by atoms with Gasteiger partial charge in [-0.2, -0.15) is 0 Å². The molecule has 1 rings (SSSR count). The van der Waals surface area contributed by atoms with Gasteiger partial charge in [0.25, 0.3) is 0 Å². The maximum atomic E-state index is 5.66. The van der Waals surface area contributed by atoms with Crippen molar-refractivity contribution in [1.29, 1.82) is 0 Å². The molecule has 14 heavy (non-hydrogen) atoms. The highest BCUT2D eigenvalue weighted by molar-refractivity contribution is 4.79. The van der Waals surface area contributed by atoms with Gasteiger partial charge in [0.05, 0.1) is 18.8 Å². The molecule has 84 valence electrons. The van der Waals surface area contributed by atoms with E-state index in [0.717, 1.165) is 32.8 Å². The Morgan fingerprint density at radius 3 is 2.93 bits per heavy atom. The molecule has 1 heterocycles. The molecule has 1 aliphatic heterocycles. The molecule has 1 fully saturated rings. The molecule has 3 nitrogen and oxygen atoms in total. The lowest BCUT2D eigenvalue weighted by Crippen LogP contribution is -2.43. The van der Waals surface area contributed by atoms with Gasteiger partial charge in [0.2, 0.25) is 0 Å². The molecule has 0 aliphatic carbocycles. The molecule has 0 aromatic rings. The lowest BCUT2D eigenvalue weighted by Gasteiger charge is -2.23. The van der Waals surface area contributed by atoms with E-state index in [9.17, 15) is 0 Å². The molecule has 0 aromatic heterocycles. The van der Waals surface area contributed by atoms with Crippen LogP contribution in [0, 0.1) is 0 Å². The highest BCUT2D eigenvalue weighted by Gasteiger charge is 2.25. The SMILES string of the molecule is CCCOCC(NCC)C1CCCO1. The summed E-state index contributed by atoms with van der Waals surface area (Å²) in [5.41, 5.74) is 0. The number of likely N-dealkylation sites (N-methyl/N-ethyl adjacent to an activating group) is 1. The minimum absolute atomic E-state index is 0.367. The van der Waals surface area contributed by atoms with Gasteiger partial charge in [0, 0.05) is 13.2 Å². The van der Waals surface area contributed by atoms with Crippen LogP contribution in [-0.2, 0) is 9.47 Å². The van der Waals surface area contributed by atoms with Gasteiger partial charge < -0.3 is 14.8 Å². The third-order valence-corrected chi connectivity index (χ3v) is 2.53. The van der Waals surface area contributed by atoms with Crippen molar-refractivity contribution in [2.75, 3.05) is 26.4 Å². The van der Waals surface area contributed by atoms with E-state index in [1.807, 2.05) is 0 Å². The first-order valence-corrected chi connectivity index (χ1v) is 5.81. The molecule has 0 radical (unpaired) electrons. The Bertz CT molecular complexity index is 135. The van der Waals surface area contributed by atoms with Crippen LogP contribution in [0.25, 0.3) is 0 Å². The zero-order valence-electron chi connectivity index (χ0n) is 9.42. The summed E-state index contributed by atoms with van der Waals surface area (Å²) in [5, 5.41) is 3.43. The predicted octanol–water partition coefficient (Wildman–Crippen LogP) is 1.57. The first kappa shape index (κ1) is 12.0. The summed E-state index contributed by atoms with van der Waals surface area (Å²) in [5.74, 6) is 0. The molecule has 1 N–H and O–H groups in total. The Morgan fingerprint density at radius 2 is 2.36 bits per heavy atom. The molecule has 0 bridgehead atoms. The van der Waals surface area contributed by atoms with E-state index in [0.29, 0.717) is 12.1 Å². The molecular weight excluding hydrogens is 178 g/mol. The molecule has 0 aromatic carbocycles. The topological polar surface area (TPSA) is 30.5 Å². The third-order valence-electron chi connectivity index (χ3n) is 2.53. The number of ether oxygens (including phenoxy) is 2. The Kier molecular flexibility index (Phi) is 6.15. The zero-order chi connectivity index (χ0) is 10.2. The van der Waals surface area contributed by atoms with Crippen molar-refractivity contribution >= 4 is 0 Å². The molecule has 3 heteroatoms. The minimum Gasteiger partial charge on any atom is -0.380 e. The maximum absolute atomic E-state index is 5.66. The highest BCUT2D eigenvalue weighted by atomic mass is 16.5. The van der Waals surface area contributed by atoms with E-state index in [2.05, 4.69) is 19.2 Å². The van der Waals surface area contributed by atoms with Crippen molar-refractivity contribution in [2.45, 2.75) is 45.3 Å². The van der Waals surface area contributed by atoms with Crippen LogP contribution >= 0.6 is 0 Å². The molecule has 0 amide bonds. The smallest absolute Gasteiger partial charge is 0.0751 e. The Morgan fingerprint density at radius 1 is 1.50 bits per heavy atom. The number of hydrogen-bond donors (Lipinski definition) is 1. The van der Waals surface area contributed by atoms with Gasteiger partial charge >= 0.3 is 0 Å². The van der Waals surface area contributed by atoms with Crippen molar-refractivity contribution in [1.82, 2.24) is 5.32 Å². The van der Waals surface area contributed by atoms with E-state index in [1.54, 1.807) is 0 Å². The van der Waals surface area contributed by atoms with E-state index < -0.39 is 0 Å². The maximum Gasteiger partial charge on any atom is 0.0751 e. The minimum atomic E-state index is 0.367. The zero-order valence-corrected chi connectivity index (χ0v) is 9.42. The monoisotopic (exact) mass is 201 g/mol. The second-order valence-electron chi connectivity index (χ2n) is 3.79. The average Bonchev–Trinajstić information content (AvgIpc) is 2.70. The van der Waals surface area contributed by atoms with Gasteiger partial charge in [-0.1, -0.05) is 13.8 Å². The first-order chi connectivity index (χ1) is 6.88. The van der Waals surface area contributed by atoms with Gasteiger partial charge in [-0.15, -0.1) is 0 Å². The van der Waals surface area contributed by atoms with Crippen molar-refractivity contribution in [2.24, 2.45) is 0 Å². The molecule has 2 unspecified atom stereocenters. The number of rotatable bonds is 7. The van der Waals surface area contributed by atoms with Gasteiger partial charge in [0.15, 0.2) is 0 Å². The third kappa shape index (κ3) is 3.95. The van der Waals surface area contributed by atoms with Crippen LogP contribution in [0.15, 0.2) is 0 Å². The summed E-state index contributed by atoms with van der Waals surface area (Å²) in [7, 11) is 0. The fraction of sp³-hybridized carbons (Fsp3) is 1.00. The van der Waals surface area contributed by atoms with Gasteiger partial charge in [0.1, 0.15) is 0 Å². The fourth-order valence-electron chi connectivity index (χ4n) is 1.83. The van der Waals surface area contributed by atoms with Crippen LogP contribution in [0.2, 0.25) is 0 Å². The molecule has 0 saturated carbocycles. The van der Waals surface area contributed by atoms with Crippen LogP contribution in [0.5, 0.6) is 0 Å². The van der Waals surface area contributed by atoms with Crippen molar-refractivity contribution in [3.8, 4) is 0 Å². The lowest BCUT2D eigenvalue weighted by molar-refractivity contribution is 0.0298. The van der Waals surface area contributed by atoms with Crippen molar-refractivity contribution < 1.29 is 9.47 Å². The Hall–Kier alpha value is -0.120. The fourth-order valence-corrected chi connectivity index (χ4v) is 1.83. The summed E-state index contributed by atoms with van der Waals surface area (Å²) in [6, 6.07) is 0.383. The Labute approximate surface area is 87.2 Å². The van der Waals surface area contributed by atoms with Crippen molar-refractivity contribution in [3.05, 3.63) is 0 Å². The van der Waals surface area contributed by atoms with Crippen LogP contribution in [0.3, 0.4) is 0 Å².